The third-order valence-corrected chi connectivity index (χ3v) is 4.95. The van der Waals surface area contributed by atoms with E-state index in [1.54, 1.807) is 0 Å². The van der Waals surface area contributed by atoms with E-state index in [-0.39, 0.29) is 0 Å². The van der Waals surface area contributed by atoms with Crippen LogP contribution < -0.4 is 10.5 Å². The van der Waals surface area contributed by atoms with Gasteiger partial charge in [0.1, 0.15) is 12.4 Å². The average Bonchev–Trinajstić information content (AvgIpc) is 2.77. The fourth-order valence-corrected chi connectivity index (χ4v) is 3.49. The van der Waals surface area contributed by atoms with Gasteiger partial charge < -0.3 is 15.9 Å². The predicted molar refractivity (Wildman–Crippen MR) is 124 cm³/mol. The van der Waals surface area contributed by atoms with E-state index in [1.165, 1.54) is 17.4 Å². The van der Waals surface area contributed by atoms with E-state index in [0.717, 1.165) is 28.9 Å². The summed E-state index contributed by atoms with van der Waals surface area (Å²) in [5.41, 5.74) is 13.0. The van der Waals surface area contributed by atoms with E-state index in [2.05, 4.69) is 43.3 Å². The highest BCUT2D eigenvalue weighted by Gasteiger charge is 2.14. The fraction of sp³-hybridized carbons (Fsp3) is 0.160. The quantitative estimate of drug-likeness (QED) is 0.201. The van der Waals surface area contributed by atoms with Crippen LogP contribution in [-0.2, 0) is 0 Å². The molecule has 0 fully saturated rings. The van der Waals surface area contributed by atoms with E-state index in [1.807, 2.05) is 36.4 Å². The molecule has 0 bridgehead atoms. The number of alkyl halides is 1. The molecule has 3 aromatic carbocycles. The van der Waals surface area contributed by atoms with Gasteiger partial charge in [0.25, 0.3) is 0 Å². The molecule has 0 saturated heterocycles. The number of ether oxygens (including phenoxy) is 1. The second-order valence-electron chi connectivity index (χ2n) is 6.62. The molecular formula is C25H25ClN2O. The summed E-state index contributed by atoms with van der Waals surface area (Å²) in [6.07, 6.45) is 2.17. The lowest BCUT2D eigenvalue weighted by molar-refractivity contribution is 0.343. The van der Waals surface area contributed by atoms with Gasteiger partial charge in [-0.15, -0.1) is 11.6 Å². The Balaban J connectivity index is 2.19. The van der Waals surface area contributed by atoms with E-state index in [0.29, 0.717) is 23.7 Å². The Morgan fingerprint density at radius 2 is 1.66 bits per heavy atom. The molecule has 3 rings (SSSR count). The van der Waals surface area contributed by atoms with Gasteiger partial charge in [-0.2, -0.15) is 0 Å². The van der Waals surface area contributed by atoms with Gasteiger partial charge in [-0.1, -0.05) is 55.5 Å². The molecule has 0 saturated carbocycles. The molecule has 0 unspecified atom stereocenters. The van der Waals surface area contributed by atoms with Crippen molar-refractivity contribution < 1.29 is 4.74 Å². The summed E-state index contributed by atoms with van der Waals surface area (Å²) in [5.74, 6) is 1.25. The van der Waals surface area contributed by atoms with E-state index < -0.39 is 0 Å². The van der Waals surface area contributed by atoms with Gasteiger partial charge >= 0.3 is 0 Å². The Morgan fingerprint density at radius 3 is 2.28 bits per heavy atom. The highest BCUT2D eigenvalue weighted by molar-refractivity contribution is 6.18. The van der Waals surface area contributed by atoms with Gasteiger partial charge in [-0.25, -0.2) is 0 Å². The van der Waals surface area contributed by atoms with E-state index in [4.69, 9.17) is 27.5 Å². The maximum atomic E-state index is 7.69. The molecule has 0 spiro atoms. The Labute approximate surface area is 177 Å². The molecule has 0 amide bonds. The smallest absolute Gasteiger partial charge is 0.119 e. The van der Waals surface area contributed by atoms with Crippen molar-refractivity contribution in [3.8, 4) is 5.75 Å². The van der Waals surface area contributed by atoms with Gasteiger partial charge in [0.2, 0.25) is 0 Å². The van der Waals surface area contributed by atoms with Crippen LogP contribution in [0.4, 0.5) is 5.69 Å². The molecule has 0 radical (unpaired) electrons. The van der Waals surface area contributed by atoms with Gasteiger partial charge in [0, 0.05) is 17.5 Å². The molecule has 0 heterocycles. The maximum absolute atomic E-state index is 7.69. The monoisotopic (exact) mass is 404 g/mol. The Bertz CT molecular complexity index is 995. The number of rotatable bonds is 8. The summed E-state index contributed by atoms with van der Waals surface area (Å²) in [6, 6.07) is 24.3. The van der Waals surface area contributed by atoms with Crippen LogP contribution in [0.1, 0.15) is 35.6 Å². The second-order valence-corrected chi connectivity index (χ2v) is 7.00. The van der Waals surface area contributed by atoms with Crippen LogP contribution in [0.25, 0.3) is 11.1 Å². The summed E-state index contributed by atoms with van der Waals surface area (Å²) >= 11 is 5.72. The average molecular weight is 405 g/mol. The minimum atomic E-state index is 0.457. The minimum Gasteiger partial charge on any atom is -0.492 e. The van der Waals surface area contributed by atoms with Crippen molar-refractivity contribution in [1.82, 2.24) is 0 Å². The Morgan fingerprint density at radius 1 is 0.966 bits per heavy atom. The zero-order chi connectivity index (χ0) is 20.6. The van der Waals surface area contributed by atoms with Gasteiger partial charge in [-0.3, -0.25) is 0 Å². The molecule has 29 heavy (non-hydrogen) atoms. The van der Waals surface area contributed by atoms with Gasteiger partial charge in [0.05, 0.1) is 5.88 Å². The fourth-order valence-electron chi connectivity index (χ4n) is 3.41. The van der Waals surface area contributed by atoms with Crippen molar-refractivity contribution in [3.05, 3.63) is 95.1 Å². The summed E-state index contributed by atoms with van der Waals surface area (Å²) in [5, 5.41) is 7.69. The van der Waals surface area contributed by atoms with Crippen molar-refractivity contribution >= 4 is 34.6 Å². The first kappa shape index (κ1) is 20.7. The molecule has 0 aliphatic rings. The van der Waals surface area contributed by atoms with E-state index in [9.17, 15) is 0 Å². The van der Waals surface area contributed by atoms with Crippen LogP contribution in [0.3, 0.4) is 0 Å². The van der Waals surface area contributed by atoms with E-state index >= 15 is 0 Å². The lowest BCUT2D eigenvalue weighted by Crippen LogP contribution is -2.00. The highest BCUT2D eigenvalue weighted by atomic mass is 35.5. The lowest BCUT2D eigenvalue weighted by atomic mass is 9.87. The molecule has 3 N–H and O–H groups in total. The molecule has 0 atom stereocenters. The molecule has 3 aromatic rings. The molecule has 3 nitrogen and oxygen atoms in total. The first-order chi connectivity index (χ1) is 14.2. The van der Waals surface area contributed by atoms with Gasteiger partial charge in [0.15, 0.2) is 0 Å². The first-order valence-corrected chi connectivity index (χ1v) is 10.2. The molecule has 148 valence electrons. The second kappa shape index (κ2) is 9.94. The zero-order valence-electron chi connectivity index (χ0n) is 16.5. The van der Waals surface area contributed by atoms with Crippen LogP contribution >= 0.6 is 11.6 Å². The topological polar surface area (TPSA) is 59.1 Å². The third kappa shape index (κ3) is 4.87. The molecule has 0 aliphatic heterocycles. The van der Waals surface area contributed by atoms with Crippen molar-refractivity contribution in [2.45, 2.75) is 13.3 Å². The maximum Gasteiger partial charge on any atom is 0.119 e. The summed E-state index contributed by atoms with van der Waals surface area (Å²) in [4.78, 5) is 0. The summed E-state index contributed by atoms with van der Waals surface area (Å²) in [6.45, 7) is 2.64. The number of nitrogen functional groups attached to an aromatic ring is 1. The van der Waals surface area contributed by atoms with Crippen LogP contribution in [0.5, 0.6) is 5.75 Å². The Kier molecular flexibility index (Phi) is 7.09. The first-order valence-electron chi connectivity index (χ1n) is 9.66. The number of anilines is 1. The standard InChI is InChI=1S/C25H25ClN2O/c1-2-23(18-6-4-3-5-7-18)25(20-10-13-24(28)21(16-20)17-27)19-8-11-22(12-9-19)29-15-14-26/h3-13,16-17,27H,2,14-15,28H2,1H3/b25-23+,27-17?. The SMILES string of the molecule is CC/C(=C(/c1ccc(OCCCl)cc1)c1ccc(N)c(C=N)c1)c1ccccc1. The van der Waals surface area contributed by atoms with Crippen molar-refractivity contribution in [2.75, 3.05) is 18.2 Å². The Hall–Kier alpha value is -3.04. The number of hydrogen-bond donors (Lipinski definition) is 2. The number of nitrogens with one attached hydrogen (secondary N) is 1. The molecule has 0 aromatic heterocycles. The number of hydrogen-bond acceptors (Lipinski definition) is 3. The van der Waals surface area contributed by atoms with Crippen LogP contribution in [0.2, 0.25) is 0 Å². The van der Waals surface area contributed by atoms with Crippen LogP contribution in [-0.4, -0.2) is 18.7 Å². The summed E-state index contributed by atoms with van der Waals surface area (Å²) < 4.78 is 5.62. The molecule has 4 heteroatoms. The predicted octanol–water partition coefficient (Wildman–Crippen LogP) is 6.25. The molecular weight excluding hydrogens is 380 g/mol. The normalized spacial score (nSPS) is 11.7. The van der Waals surface area contributed by atoms with Gasteiger partial charge in [-0.05, 0) is 58.5 Å². The van der Waals surface area contributed by atoms with Crippen LogP contribution in [0, 0.1) is 5.41 Å². The third-order valence-electron chi connectivity index (χ3n) is 4.80. The van der Waals surface area contributed by atoms with Crippen molar-refractivity contribution in [1.29, 1.82) is 5.41 Å². The minimum absolute atomic E-state index is 0.457. The number of halogens is 1. The van der Waals surface area contributed by atoms with Crippen molar-refractivity contribution in [3.63, 3.8) is 0 Å². The lowest BCUT2D eigenvalue weighted by Gasteiger charge is -2.17. The van der Waals surface area contributed by atoms with Crippen LogP contribution in [0.15, 0.2) is 72.8 Å². The number of allylic oxidation sites excluding steroid dienone is 1. The van der Waals surface area contributed by atoms with Crippen molar-refractivity contribution in [2.24, 2.45) is 0 Å². The largest absolute Gasteiger partial charge is 0.492 e. The zero-order valence-corrected chi connectivity index (χ0v) is 17.2. The number of nitrogens with two attached hydrogens (primary N) is 1. The molecule has 0 aliphatic carbocycles. The highest BCUT2D eigenvalue weighted by Crippen LogP contribution is 2.35. The number of benzene rings is 3. The summed E-state index contributed by atoms with van der Waals surface area (Å²) in [7, 11) is 0.